The molecule has 0 heterocycles. The molecule has 0 fully saturated rings. The maximum Gasteiger partial charge on any atom is 0.310 e. The van der Waals surface area contributed by atoms with Gasteiger partial charge >= 0.3 is 5.97 Å². The third kappa shape index (κ3) is 4.82. The summed E-state index contributed by atoms with van der Waals surface area (Å²) in [4.78, 5) is 11.7. The van der Waals surface area contributed by atoms with Crippen molar-refractivity contribution in [3.8, 4) is 0 Å². The molecular weight excluding hydrogens is 314 g/mol. The average Bonchev–Trinajstić information content (AvgIpc) is 2.47. The fourth-order valence-electron chi connectivity index (χ4n) is 2.19. The Morgan fingerprint density at radius 3 is 2.39 bits per heavy atom. The van der Waals surface area contributed by atoms with Crippen molar-refractivity contribution < 1.29 is 17.9 Å². The van der Waals surface area contributed by atoms with Crippen LogP contribution in [0, 0.1) is 0 Å². The highest BCUT2D eigenvalue weighted by Crippen LogP contribution is 2.18. The van der Waals surface area contributed by atoms with Crippen LogP contribution >= 0.6 is 0 Å². The van der Waals surface area contributed by atoms with E-state index in [4.69, 9.17) is 10.5 Å². The summed E-state index contributed by atoms with van der Waals surface area (Å²) >= 11 is 0. The summed E-state index contributed by atoms with van der Waals surface area (Å²) in [6, 6.07) is 13.1. The number of anilines is 1. The van der Waals surface area contributed by atoms with Gasteiger partial charge in [-0.3, -0.25) is 4.79 Å². The predicted octanol–water partition coefficient (Wildman–Crippen LogP) is 2.35. The summed E-state index contributed by atoms with van der Waals surface area (Å²) in [5.74, 6) is -0.459. The number of sulfone groups is 1. The number of carbonyl (C=O) groups excluding carboxylic acids is 1. The zero-order valence-corrected chi connectivity index (χ0v) is 13.7. The van der Waals surface area contributed by atoms with Gasteiger partial charge in [0.05, 0.1) is 23.7 Å². The van der Waals surface area contributed by atoms with Gasteiger partial charge in [0, 0.05) is 5.69 Å². The van der Waals surface area contributed by atoms with Crippen LogP contribution in [0.1, 0.15) is 18.1 Å². The lowest BCUT2D eigenvalue weighted by atomic mass is 10.1. The molecule has 0 radical (unpaired) electrons. The summed E-state index contributed by atoms with van der Waals surface area (Å²) in [7, 11) is -3.46. The maximum absolute atomic E-state index is 12.4. The second-order valence-corrected chi connectivity index (χ2v) is 7.12. The molecule has 6 heteroatoms. The molecule has 0 aliphatic heterocycles. The zero-order valence-electron chi connectivity index (χ0n) is 12.9. The Bertz CT molecular complexity index is 782. The van der Waals surface area contributed by atoms with Gasteiger partial charge in [-0.2, -0.15) is 0 Å². The first-order chi connectivity index (χ1) is 10.9. The third-order valence-corrected chi connectivity index (χ3v) is 4.94. The fourth-order valence-corrected chi connectivity index (χ4v) is 3.52. The van der Waals surface area contributed by atoms with Crippen molar-refractivity contribution in [3.63, 3.8) is 0 Å². The topological polar surface area (TPSA) is 86.5 Å². The molecule has 2 rings (SSSR count). The lowest BCUT2D eigenvalue weighted by Gasteiger charge is -2.07. The summed E-state index contributed by atoms with van der Waals surface area (Å²) in [6.07, 6.45) is 0.129. The van der Waals surface area contributed by atoms with E-state index >= 15 is 0 Å². The summed E-state index contributed by atoms with van der Waals surface area (Å²) in [5, 5.41) is 0. The number of nitrogen functional groups attached to an aromatic ring is 1. The normalized spacial score (nSPS) is 11.2. The second-order valence-electron chi connectivity index (χ2n) is 5.13. The molecule has 0 aromatic heterocycles. The van der Waals surface area contributed by atoms with Crippen LogP contribution in [-0.2, 0) is 31.5 Å². The molecule has 2 N–H and O–H groups in total. The number of hydrogen-bond acceptors (Lipinski definition) is 5. The molecule has 122 valence electrons. The Balaban J connectivity index is 2.16. The Labute approximate surface area is 136 Å². The standard InChI is InChI=1S/C17H19NO4S/c1-2-22-17(19)11-13-4-3-5-14(10-13)12-23(20,21)16-8-6-15(18)7-9-16/h3-10H,2,11-12,18H2,1H3. The van der Waals surface area contributed by atoms with Crippen LogP contribution in [0.4, 0.5) is 5.69 Å². The lowest BCUT2D eigenvalue weighted by Crippen LogP contribution is -2.09. The van der Waals surface area contributed by atoms with Crippen LogP contribution in [0.2, 0.25) is 0 Å². The molecule has 0 saturated carbocycles. The van der Waals surface area contributed by atoms with Crippen molar-refractivity contribution in [2.45, 2.75) is 24.0 Å². The van der Waals surface area contributed by atoms with E-state index in [1.807, 2.05) is 0 Å². The monoisotopic (exact) mass is 333 g/mol. The van der Waals surface area contributed by atoms with Crippen LogP contribution in [0.5, 0.6) is 0 Å². The molecule has 23 heavy (non-hydrogen) atoms. The van der Waals surface area contributed by atoms with Gasteiger partial charge in [-0.15, -0.1) is 0 Å². The number of nitrogens with two attached hydrogens (primary N) is 1. The number of esters is 1. The van der Waals surface area contributed by atoms with E-state index in [-0.39, 0.29) is 23.0 Å². The van der Waals surface area contributed by atoms with Crippen molar-refractivity contribution in [1.29, 1.82) is 0 Å². The number of ether oxygens (including phenoxy) is 1. The molecule has 0 atom stereocenters. The van der Waals surface area contributed by atoms with E-state index in [0.717, 1.165) is 5.56 Å². The van der Waals surface area contributed by atoms with E-state index in [1.54, 1.807) is 43.3 Å². The van der Waals surface area contributed by atoms with Gasteiger partial charge in [-0.1, -0.05) is 24.3 Å². The van der Waals surface area contributed by atoms with Crippen LogP contribution in [-0.4, -0.2) is 21.0 Å². The van der Waals surface area contributed by atoms with Gasteiger partial charge in [-0.25, -0.2) is 8.42 Å². The molecule has 0 unspecified atom stereocenters. The van der Waals surface area contributed by atoms with Crippen LogP contribution < -0.4 is 5.73 Å². The van der Waals surface area contributed by atoms with Crippen molar-refractivity contribution in [1.82, 2.24) is 0 Å². The minimum absolute atomic E-state index is 0.129. The first-order valence-corrected chi connectivity index (χ1v) is 8.87. The SMILES string of the molecule is CCOC(=O)Cc1cccc(CS(=O)(=O)c2ccc(N)cc2)c1. The molecule has 0 aliphatic carbocycles. The summed E-state index contributed by atoms with van der Waals surface area (Å²) in [6.45, 7) is 2.07. The Kier molecular flexibility index (Phi) is 5.39. The molecule has 2 aromatic carbocycles. The van der Waals surface area contributed by atoms with Crippen molar-refractivity contribution in [2.24, 2.45) is 0 Å². The largest absolute Gasteiger partial charge is 0.466 e. The first-order valence-electron chi connectivity index (χ1n) is 7.22. The molecule has 0 bridgehead atoms. The van der Waals surface area contributed by atoms with Gasteiger partial charge in [0.15, 0.2) is 9.84 Å². The molecule has 5 nitrogen and oxygen atoms in total. The molecule has 0 aliphatic rings. The highest BCUT2D eigenvalue weighted by atomic mass is 32.2. The summed E-state index contributed by atoms with van der Waals surface area (Å²) < 4.78 is 29.7. The highest BCUT2D eigenvalue weighted by molar-refractivity contribution is 7.90. The Morgan fingerprint density at radius 1 is 1.09 bits per heavy atom. The van der Waals surface area contributed by atoms with Crippen LogP contribution in [0.15, 0.2) is 53.4 Å². The van der Waals surface area contributed by atoms with E-state index in [9.17, 15) is 13.2 Å². The fraction of sp³-hybridized carbons (Fsp3) is 0.235. The van der Waals surface area contributed by atoms with Gasteiger partial charge in [0.2, 0.25) is 0 Å². The van der Waals surface area contributed by atoms with E-state index in [2.05, 4.69) is 0 Å². The molecule has 0 amide bonds. The van der Waals surface area contributed by atoms with Gasteiger partial charge in [0.1, 0.15) is 0 Å². The van der Waals surface area contributed by atoms with E-state index in [0.29, 0.717) is 17.9 Å². The lowest BCUT2D eigenvalue weighted by molar-refractivity contribution is -0.142. The van der Waals surface area contributed by atoms with Gasteiger partial charge in [0.25, 0.3) is 0 Å². The average molecular weight is 333 g/mol. The first kappa shape index (κ1) is 17.0. The van der Waals surface area contributed by atoms with Crippen LogP contribution in [0.3, 0.4) is 0 Å². The number of rotatable bonds is 6. The molecule has 2 aromatic rings. The zero-order chi connectivity index (χ0) is 16.9. The van der Waals surface area contributed by atoms with E-state index in [1.165, 1.54) is 12.1 Å². The number of carbonyl (C=O) groups is 1. The molecule has 0 saturated heterocycles. The quantitative estimate of drug-likeness (QED) is 0.648. The van der Waals surface area contributed by atoms with Gasteiger partial charge in [-0.05, 0) is 42.3 Å². The minimum atomic E-state index is -3.46. The number of hydrogen-bond donors (Lipinski definition) is 1. The summed E-state index contributed by atoms with van der Waals surface area (Å²) in [5.41, 5.74) is 7.45. The van der Waals surface area contributed by atoms with E-state index < -0.39 is 9.84 Å². The third-order valence-electron chi connectivity index (χ3n) is 3.24. The smallest absolute Gasteiger partial charge is 0.310 e. The minimum Gasteiger partial charge on any atom is -0.466 e. The Hall–Kier alpha value is -2.34. The predicted molar refractivity (Wildman–Crippen MR) is 88.5 cm³/mol. The number of benzene rings is 2. The molecular formula is C17H19NO4S. The van der Waals surface area contributed by atoms with Gasteiger partial charge < -0.3 is 10.5 Å². The van der Waals surface area contributed by atoms with Crippen LogP contribution in [0.25, 0.3) is 0 Å². The van der Waals surface area contributed by atoms with Crippen molar-refractivity contribution in [2.75, 3.05) is 12.3 Å². The second kappa shape index (κ2) is 7.28. The Morgan fingerprint density at radius 2 is 1.74 bits per heavy atom. The molecule has 0 spiro atoms. The highest BCUT2D eigenvalue weighted by Gasteiger charge is 2.15. The maximum atomic E-state index is 12.4. The van der Waals surface area contributed by atoms with Crippen molar-refractivity contribution >= 4 is 21.5 Å². The van der Waals surface area contributed by atoms with Crippen molar-refractivity contribution in [3.05, 3.63) is 59.7 Å².